The number of phenolic OH excluding ortho intramolecular Hbond substituents is 1. The van der Waals surface area contributed by atoms with Gasteiger partial charge in [0.15, 0.2) is 17.4 Å². The van der Waals surface area contributed by atoms with Crippen molar-refractivity contribution in [3.8, 4) is 34.4 Å². The summed E-state index contributed by atoms with van der Waals surface area (Å²) in [4.78, 5) is 13.8. The zero-order valence-corrected chi connectivity index (χ0v) is 28.2. The molecule has 7 aliphatic heterocycles. The standard InChI is InChI=1S/C38H38F3N5O5/c1-18-6-23-27(51-18)5-2-19-7-22(47)8-24(28(19)23)29-31(40)33-30-34(32(29)41)49-12-26-25-4-3-21(42-25)11-46(26)35(30)44-36(43-33)50-17-38-9-20(39)10-45(38)14-37(13-38)15-48-16-37/h2,5,7-8,18,20-21,25-26,42,47H,3-4,6,9-17H2,1H3/t18?,20-,21?,25?,26?,38-/m0/s1. The number of halogens is 3. The molecule has 10 nitrogen and oxygen atoms in total. The van der Waals surface area contributed by atoms with Crippen LogP contribution in [0.2, 0.25) is 0 Å². The second kappa shape index (κ2) is 10.5. The van der Waals surface area contributed by atoms with E-state index in [1.807, 2.05) is 13.0 Å². The highest BCUT2D eigenvalue weighted by Crippen LogP contribution is 2.53. The van der Waals surface area contributed by atoms with Gasteiger partial charge in [0, 0.05) is 55.5 Å². The summed E-state index contributed by atoms with van der Waals surface area (Å²) < 4.78 is 73.9. The average molecular weight is 702 g/mol. The molecule has 0 amide bonds. The molecule has 0 saturated carbocycles. The van der Waals surface area contributed by atoms with Crippen molar-refractivity contribution in [3.05, 3.63) is 41.5 Å². The summed E-state index contributed by atoms with van der Waals surface area (Å²) >= 11 is 0. The molecule has 3 aromatic carbocycles. The largest absolute Gasteiger partial charge is 0.508 e. The van der Waals surface area contributed by atoms with Crippen LogP contribution in [0.25, 0.3) is 32.8 Å². The van der Waals surface area contributed by atoms with E-state index in [2.05, 4.69) is 20.1 Å². The Hall–Kier alpha value is -4.07. The number of piperazine rings is 1. The summed E-state index contributed by atoms with van der Waals surface area (Å²) in [6, 6.07) is 6.68. The Bertz CT molecular complexity index is 2170. The Morgan fingerprint density at radius 3 is 2.82 bits per heavy atom. The first kappa shape index (κ1) is 30.5. The number of nitrogens with one attached hydrogen (secondary N) is 1. The van der Waals surface area contributed by atoms with Gasteiger partial charge < -0.3 is 34.3 Å². The lowest BCUT2D eigenvalue weighted by atomic mass is 9.78. The Kier molecular flexibility index (Phi) is 6.29. The van der Waals surface area contributed by atoms with Crippen molar-refractivity contribution < 1.29 is 37.2 Å². The van der Waals surface area contributed by atoms with Gasteiger partial charge in [-0.1, -0.05) is 6.07 Å². The van der Waals surface area contributed by atoms with Crippen molar-refractivity contribution >= 4 is 27.5 Å². The van der Waals surface area contributed by atoms with Crippen LogP contribution in [0.15, 0.2) is 24.3 Å². The summed E-state index contributed by atoms with van der Waals surface area (Å²) in [5.41, 5.74) is -0.0122. The fourth-order valence-electron chi connectivity index (χ4n) is 10.5. The SMILES string of the molecule is CC1Cc2c(ccc3cc(O)cc(-c4c(F)c5c6c(nc(OC[C@@]78C[C@H](F)CN7CC7(COC7)C8)nc6c4F)N4CC6CCC(N6)C4CO5)c23)O1. The summed E-state index contributed by atoms with van der Waals surface area (Å²) in [5.74, 6) is -0.993. The lowest BCUT2D eigenvalue weighted by Crippen LogP contribution is -2.60. The fraction of sp³-hybridized carbons (Fsp3) is 0.526. The molecular weight excluding hydrogens is 663 g/mol. The third-order valence-electron chi connectivity index (χ3n) is 12.6. The molecule has 51 heavy (non-hydrogen) atoms. The molecular formula is C38H38F3N5O5. The van der Waals surface area contributed by atoms with Crippen LogP contribution < -0.4 is 24.4 Å². The van der Waals surface area contributed by atoms with Crippen molar-refractivity contribution in [1.29, 1.82) is 0 Å². The van der Waals surface area contributed by atoms with Gasteiger partial charge in [-0.05, 0) is 60.7 Å². The molecule has 6 atom stereocenters. The second-order valence-corrected chi connectivity index (χ2v) is 16.1. The Morgan fingerprint density at radius 2 is 1.98 bits per heavy atom. The molecule has 13 heteroatoms. The van der Waals surface area contributed by atoms with Crippen molar-refractivity contribution in [1.82, 2.24) is 20.2 Å². The van der Waals surface area contributed by atoms with Crippen LogP contribution in [-0.4, -0.2) is 102 Å². The van der Waals surface area contributed by atoms with Gasteiger partial charge in [-0.3, -0.25) is 4.90 Å². The van der Waals surface area contributed by atoms with Gasteiger partial charge in [-0.15, -0.1) is 0 Å². The van der Waals surface area contributed by atoms with Gasteiger partial charge in [0.05, 0.1) is 35.7 Å². The van der Waals surface area contributed by atoms with Gasteiger partial charge >= 0.3 is 6.01 Å². The summed E-state index contributed by atoms with van der Waals surface area (Å²) in [5, 5.41) is 15.9. The third kappa shape index (κ3) is 4.34. The predicted octanol–water partition coefficient (Wildman–Crippen LogP) is 5.04. The number of hydrogen-bond donors (Lipinski definition) is 2. The van der Waals surface area contributed by atoms with Crippen molar-refractivity contribution in [3.63, 3.8) is 0 Å². The van der Waals surface area contributed by atoms with Crippen molar-refractivity contribution in [2.45, 2.75) is 75.0 Å². The first-order valence-electron chi connectivity index (χ1n) is 18.1. The third-order valence-corrected chi connectivity index (χ3v) is 12.6. The van der Waals surface area contributed by atoms with Gasteiger partial charge in [-0.25, -0.2) is 13.2 Å². The maximum Gasteiger partial charge on any atom is 0.319 e. The minimum Gasteiger partial charge on any atom is -0.508 e. The number of phenols is 1. The molecule has 4 aromatic rings. The Morgan fingerprint density at radius 1 is 1.10 bits per heavy atom. The first-order valence-corrected chi connectivity index (χ1v) is 18.1. The highest BCUT2D eigenvalue weighted by molar-refractivity contribution is 6.06. The number of hydrogen-bond acceptors (Lipinski definition) is 10. The number of aromatic hydroxyl groups is 1. The topological polar surface area (TPSA) is 101 Å². The van der Waals surface area contributed by atoms with Crippen LogP contribution in [0.5, 0.6) is 23.3 Å². The highest BCUT2D eigenvalue weighted by Gasteiger charge is 2.61. The van der Waals surface area contributed by atoms with E-state index >= 15 is 8.78 Å². The molecule has 5 saturated heterocycles. The Labute approximate surface area is 291 Å². The minimum absolute atomic E-state index is 0.0112. The van der Waals surface area contributed by atoms with Gasteiger partial charge in [0.1, 0.15) is 48.3 Å². The minimum atomic E-state index is -0.971. The quantitative estimate of drug-likeness (QED) is 0.301. The highest BCUT2D eigenvalue weighted by atomic mass is 19.1. The monoisotopic (exact) mass is 701 g/mol. The van der Waals surface area contributed by atoms with E-state index < -0.39 is 23.3 Å². The van der Waals surface area contributed by atoms with E-state index in [4.69, 9.17) is 23.9 Å². The number of fused-ring (bicyclic) bond motifs is 9. The molecule has 0 aliphatic carbocycles. The number of aromatic nitrogens is 2. The molecule has 11 rings (SSSR count). The number of nitrogens with zero attached hydrogens (tertiary/aromatic N) is 4. The normalized spacial score (nSPS) is 31.3. The first-order chi connectivity index (χ1) is 24.7. The smallest absolute Gasteiger partial charge is 0.319 e. The van der Waals surface area contributed by atoms with Crippen LogP contribution in [0.1, 0.15) is 38.2 Å². The van der Waals surface area contributed by atoms with Gasteiger partial charge in [0.2, 0.25) is 0 Å². The van der Waals surface area contributed by atoms with E-state index in [9.17, 15) is 9.50 Å². The molecule has 2 bridgehead atoms. The number of rotatable bonds is 4. The van der Waals surface area contributed by atoms with Gasteiger partial charge in [0.25, 0.3) is 0 Å². The summed E-state index contributed by atoms with van der Waals surface area (Å²) in [7, 11) is 0. The van der Waals surface area contributed by atoms with Crippen LogP contribution in [0.3, 0.4) is 0 Å². The summed E-state index contributed by atoms with van der Waals surface area (Å²) in [6.45, 7) is 5.21. The van der Waals surface area contributed by atoms with E-state index in [1.54, 1.807) is 12.1 Å². The zero-order valence-electron chi connectivity index (χ0n) is 28.2. The van der Waals surface area contributed by atoms with Crippen LogP contribution in [0, 0.1) is 17.0 Å². The van der Waals surface area contributed by atoms with E-state index in [-0.39, 0.29) is 82.4 Å². The maximum atomic E-state index is 17.4. The molecule has 8 heterocycles. The molecule has 266 valence electrons. The zero-order chi connectivity index (χ0) is 34.4. The maximum absolute atomic E-state index is 17.4. The number of alkyl halides is 1. The van der Waals surface area contributed by atoms with Crippen LogP contribution in [-0.2, 0) is 11.2 Å². The van der Waals surface area contributed by atoms with E-state index in [0.717, 1.165) is 31.4 Å². The molecule has 7 aliphatic rings. The number of benzene rings is 3. The number of ether oxygens (including phenoxy) is 4. The molecule has 5 fully saturated rings. The van der Waals surface area contributed by atoms with Crippen molar-refractivity contribution in [2.24, 2.45) is 5.41 Å². The second-order valence-electron chi connectivity index (χ2n) is 16.1. The summed E-state index contributed by atoms with van der Waals surface area (Å²) in [6.07, 6.45) is 2.45. The van der Waals surface area contributed by atoms with Crippen LogP contribution in [0.4, 0.5) is 19.0 Å². The molecule has 0 radical (unpaired) electrons. The lowest BCUT2D eigenvalue weighted by Gasteiger charge is -2.40. The molecule has 1 spiro atoms. The van der Waals surface area contributed by atoms with Crippen LogP contribution >= 0.6 is 0 Å². The fourth-order valence-corrected chi connectivity index (χ4v) is 10.5. The van der Waals surface area contributed by atoms with E-state index in [0.29, 0.717) is 61.5 Å². The Balaban J connectivity index is 1.10. The average Bonchev–Trinajstić information content (AvgIpc) is 3.80. The lowest BCUT2D eigenvalue weighted by molar-refractivity contribution is -0.108. The predicted molar refractivity (Wildman–Crippen MR) is 182 cm³/mol. The molecule has 2 N–H and O–H groups in total. The van der Waals surface area contributed by atoms with Crippen molar-refractivity contribution in [2.75, 3.05) is 51.0 Å². The molecule has 1 aromatic heterocycles. The van der Waals surface area contributed by atoms with Gasteiger partial charge in [-0.2, -0.15) is 9.97 Å². The number of anilines is 1. The van der Waals surface area contributed by atoms with E-state index in [1.165, 1.54) is 6.07 Å². The molecule has 4 unspecified atom stereocenters.